The van der Waals surface area contributed by atoms with Crippen molar-refractivity contribution in [1.82, 2.24) is 9.99 Å². The fourth-order valence-corrected chi connectivity index (χ4v) is 3.80. The lowest BCUT2D eigenvalue weighted by Gasteiger charge is -2.10. The van der Waals surface area contributed by atoms with Crippen LogP contribution in [0.1, 0.15) is 32.9 Å². The number of nitrogens with zero attached hydrogens (tertiary/aromatic N) is 2. The quantitative estimate of drug-likeness (QED) is 0.357. The van der Waals surface area contributed by atoms with Gasteiger partial charge in [0.05, 0.1) is 18.9 Å². The Morgan fingerprint density at radius 3 is 2.32 bits per heavy atom. The molecule has 1 heterocycles. The van der Waals surface area contributed by atoms with Gasteiger partial charge in [0, 0.05) is 22.6 Å². The number of carbonyl (C=O) groups is 1. The van der Waals surface area contributed by atoms with Crippen molar-refractivity contribution in [2.24, 2.45) is 5.10 Å². The normalized spacial score (nSPS) is 11.2. The van der Waals surface area contributed by atoms with Crippen LogP contribution >= 0.6 is 0 Å². The molecule has 5 heteroatoms. The number of benzene rings is 3. The standard InChI is InChI=1S/C26H25N3O2/c1-17-9-11-23(12-10-17)29-18(2)13-22(19(29)3)16-27-28-26(30)24-14-20-7-5-6-8-21(20)15-25(24)31-4/h5-16H,1-4H3,(H,28,30). The van der Waals surface area contributed by atoms with E-state index in [2.05, 4.69) is 59.3 Å². The Labute approximate surface area is 182 Å². The molecule has 0 spiro atoms. The number of nitrogens with one attached hydrogen (secondary N) is 1. The van der Waals surface area contributed by atoms with E-state index in [0.29, 0.717) is 11.3 Å². The van der Waals surface area contributed by atoms with Gasteiger partial charge in [0.2, 0.25) is 0 Å². The van der Waals surface area contributed by atoms with Crippen LogP contribution in [-0.4, -0.2) is 23.8 Å². The van der Waals surface area contributed by atoms with E-state index in [1.807, 2.05) is 43.3 Å². The van der Waals surface area contributed by atoms with Crippen LogP contribution in [-0.2, 0) is 0 Å². The molecule has 0 aliphatic heterocycles. The lowest BCUT2D eigenvalue weighted by molar-refractivity contribution is 0.0952. The molecule has 1 N–H and O–H groups in total. The van der Waals surface area contributed by atoms with Gasteiger partial charge in [-0.2, -0.15) is 5.10 Å². The molecule has 0 aliphatic rings. The average Bonchev–Trinajstić information content (AvgIpc) is 3.06. The zero-order valence-corrected chi connectivity index (χ0v) is 18.1. The minimum atomic E-state index is -0.314. The zero-order valence-electron chi connectivity index (χ0n) is 18.1. The summed E-state index contributed by atoms with van der Waals surface area (Å²) >= 11 is 0. The van der Waals surface area contributed by atoms with E-state index in [-0.39, 0.29) is 5.91 Å². The fraction of sp³-hybridized carbons (Fsp3) is 0.154. The number of hydrogen-bond acceptors (Lipinski definition) is 3. The minimum absolute atomic E-state index is 0.314. The van der Waals surface area contributed by atoms with Crippen LogP contribution < -0.4 is 10.2 Å². The Morgan fingerprint density at radius 1 is 0.968 bits per heavy atom. The van der Waals surface area contributed by atoms with Crippen molar-refractivity contribution in [3.63, 3.8) is 0 Å². The Hall–Kier alpha value is -3.86. The molecular formula is C26H25N3O2. The van der Waals surface area contributed by atoms with Gasteiger partial charge in [-0.15, -0.1) is 0 Å². The number of ether oxygens (including phenoxy) is 1. The second-order valence-electron chi connectivity index (χ2n) is 7.60. The van der Waals surface area contributed by atoms with Gasteiger partial charge in [0.15, 0.2) is 0 Å². The molecule has 3 aromatic carbocycles. The van der Waals surface area contributed by atoms with Gasteiger partial charge in [-0.1, -0.05) is 42.0 Å². The first-order valence-corrected chi connectivity index (χ1v) is 10.1. The van der Waals surface area contributed by atoms with Gasteiger partial charge in [-0.05, 0) is 61.9 Å². The van der Waals surface area contributed by atoms with Crippen molar-refractivity contribution in [2.75, 3.05) is 7.11 Å². The molecule has 0 fully saturated rings. The van der Waals surface area contributed by atoms with Crippen molar-refractivity contribution >= 4 is 22.9 Å². The van der Waals surface area contributed by atoms with Crippen molar-refractivity contribution < 1.29 is 9.53 Å². The minimum Gasteiger partial charge on any atom is -0.496 e. The van der Waals surface area contributed by atoms with Crippen LogP contribution in [0, 0.1) is 20.8 Å². The highest BCUT2D eigenvalue weighted by Crippen LogP contribution is 2.26. The van der Waals surface area contributed by atoms with Crippen molar-refractivity contribution in [1.29, 1.82) is 0 Å². The highest BCUT2D eigenvalue weighted by Gasteiger charge is 2.14. The van der Waals surface area contributed by atoms with Crippen LogP contribution in [0.3, 0.4) is 0 Å². The van der Waals surface area contributed by atoms with E-state index in [1.54, 1.807) is 13.3 Å². The van der Waals surface area contributed by atoms with Gasteiger partial charge < -0.3 is 9.30 Å². The number of rotatable bonds is 5. The third-order valence-electron chi connectivity index (χ3n) is 5.44. The monoisotopic (exact) mass is 411 g/mol. The van der Waals surface area contributed by atoms with E-state index >= 15 is 0 Å². The van der Waals surface area contributed by atoms with E-state index in [4.69, 9.17) is 4.74 Å². The summed E-state index contributed by atoms with van der Waals surface area (Å²) < 4.78 is 7.59. The second-order valence-corrected chi connectivity index (χ2v) is 7.60. The first-order chi connectivity index (χ1) is 15.0. The molecule has 0 bridgehead atoms. The Morgan fingerprint density at radius 2 is 1.65 bits per heavy atom. The third kappa shape index (κ3) is 4.08. The smallest absolute Gasteiger partial charge is 0.275 e. The maximum absolute atomic E-state index is 12.8. The number of amides is 1. The highest BCUT2D eigenvalue weighted by atomic mass is 16.5. The van der Waals surface area contributed by atoms with Gasteiger partial charge in [0.25, 0.3) is 5.91 Å². The summed E-state index contributed by atoms with van der Waals surface area (Å²) in [6, 6.07) is 22.0. The SMILES string of the molecule is COc1cc2ccccc2cc1C(=O)NN=Cc1cc(C)n(-c2ccc(C)cc2)c1C. The molecule has 1 aromatic heterocycles. The summed E-state index contributed by atoms with van der Waals surface area (Å²) in [6.07, 6.45) is 1.68. The molecule has 1 amide bonds. The number of hydrogen-bond donors (Lipinski definition) is 1. The molecule has 156 valence electrons. The van der Waals surface area contributed by atoms with Crippen molar-refractivity contribution in [2.45, 2.75) is 20.8 Å². The molecule has 0 saturated heterocycles. The van der Waals surface area contributed by atoms with E-state index < -0.39 is 0 Å². The first kappa shape index (κ1) is 20.4. The summed E-state index contributed by atoms with van der Waals surface area (Å²) in [5, 5.41) is 6.19. The number of carbonyl (C=O) groups excluding carboxylic acids is 1. The second kappa shape index (κ2) is 8.48. The highest BCUT2D eigenvalue weighted by molar-refractivity contribution is 6.02. The van der Waals surface area contributed by atoms with Gasteiger partial charge in [0.1, 0.15) is 5.75 Å². The van der Waals surface area contributed by atoms with E-state index in [1.165, 1.54) is 5.56 Å². The summed E-state index contributed by atoms with van der Waals surface area (Å²) in [6.45, 7) is 6.18. The number of methoxy groups -OCH3 is 1. The maximum Gasteiger partial charge on any atom is 0.275 e. The fourth-order valence-electron chi connectivity index (χ4n) is 3.80. The lowest BCUT2D eigenvalue weighted by Crippen LogP contribution is -2.18. The number of hydrazone groups is 1. The molecule has 0 unspecified atom stereocenters. The lowest BCUT2D eigenvalue weighted by atomic mass is 10.1. The first-order valence-electron chi connectivity index (χ1n) is 10.1. The van der Waals surface area contributed by atoms with Gasteiger partial charge >= 0.3 is 0 Å². The molecule has 4 aromatic rings. The molecule has 31 heavy (non-hydrogen) atoms. The Kier molecular flexibility index (Phi) is 5.58. The van der Waals surface area contributed by atoms with Crippen LogP contribution in [0.5, 0.6) is 5.75 Å². The van der Waals surface area contributed by atoms with E-state index in [0.717, 1.165) is 33.4 Å². The molecule has 0 atom stereocenters. The molecular weight excluding hydrogens is 386 g/mol. The predicted octanol–water partition coefficient (Wildman–Crippen LogP) is 5.33. The maximum atomic E-state index is 12.8. The zero-order chi connectivity index (χ0) is 22.0. The van der Waals surface area contributed by atoms with E-state index in [9.17, 15) is 4.79 Å². The summed E-state index contributed by atoms with van der Waals surface area (Å²) in [5.41, 5.74) is 8.51. The van der Waals surface area contributed by atoms with Crippen LogP contribution in [0.2, 0.25) is 0 Å². The van der Waals surface area contributed by atoms with Crippen LogP contribution in [0.25, 0.3) is 16.5 Å². The molecule has 0 radical (unpaired) electrons. The number of fused-ring (bicyclic) bond motifs is 1. The Bertz CT molecular complexity index is 1280. The number of aromatic nitrogens is 1. The average molecular weight is 412 g/mol. The van der Waals surface area contributed by atoms with Crippen molar-refractivity contribution in [3.8, 4) is 11.4 Å². The van der Waals surface area contributed by atoms with Crippen LogP contribution in [0.15, 0.2) is 71.8 Å². The van der Waals surface area contributed by atoms with Gasteiger partial charge in [-0.3, -0.25) is 4.79 Å². The Balaban J connectivity index is 1.57. The third-order valence-corrected chi connectivity index (χ3v) is 5.44. The van der Waals surface area contributed by atoms with Crippen molar-refractivity contribution in [3.05, 3.63) is 94.8 Å². The van der Waals surface area contributed by atoms with Crippen LogP contribution in [0.4, 0.5) is 0 Å². The van der Waals surface area contributed by atoms with Gasteiger partial charge in [-0.25, -0.2) is 5.43 Å². The summed E-state index contributed by atoms with van der Waals surface area (Å²) in [4.78, 5) is 12.8. The molecule has 0 saturated carbocycles. The molecule has 4 rings (SSSR count). The molecule has 0 aliphatic carbocycles. The topological polar surface area (TPSA) is 55.6 Å². The largest absolute Gasteiger partial charge is 0.496 e. The summed E-state index contributed by atoms with van der Waals surface area (Å²) in [5.74, 6) is 0.204. The number of aryl methyl sites for hydroxylation is 2. The predicted molar refractivity (Wildman–Crippen MR) is 126 cm³/mol. The summed E-state index contributed by atoms with van der Waals surface area (Å²) in [7, 11) is 1.56. The molecule has 5 nitrogen and oxygen atoms in total.